The SMILES string of the molecule is CCN(c1ccc(C(=O)N2CC=C(c3ccccc3)CC2)cc1)C(C)C. The lowest BCUT2D eigenvalue weighted by Gasteiger charge is -2.29. The topological polar surface area (TPSA) is 23.6 Å². The average molecular weight is 348 g/mol. The maximum absolute atomic E-state index is 12.8. The lowest BCUT2D eigenvalue weighted by molar-refractivity contribution is 0.0773. The Morgan fingerprint density at radius 2 is 1.77 bits per heavy atom. The Morgan fingerprint density at radius 1 is 1.08 bits per heavy atom. The van der Waals surface area contributed by atoms with Gasteiger partial charge in [0.2, 0.25) is 0 Å². The van der Waals surface area contributed by atoms with Crippen LogP contribution in [-0.4, -0.2) is 36.5 Å². The Labute approximate surface area is 156 Å². The highest BCUT2D eigenvalue weighted by molar-refractivity contribution is 5.95. The van der Waals surface area contributed by atoms with Crippen molar-refractivity contribution >= 4 is 17.2 Å². The van der Waals surface area contributed by atoms with Gasteiger partial charge in [0.1, 0.15) is 0 Å². The maximum Gasteiger partial charge on any atom is 0.254 e. The van der Waals surface area contributed by atoms with Gasteiger partial charge in [-0.05, 0) is 62.6 Å². The summed E-state index contributed by atoms with van der Waals surface area (Å²) in [6.45, 7) is 8.94. The highest BCUT2D eigenvalue weighted by Gasteiger charge is 2.19. The van der Waals surface area contributed by atoms with Crippen LogP contribution in [0, 0.1) is 0 Å². The third-order valence-corrected chi connectivity index (χ3v) is 5.05. The van der Waals surface area contributed by atoms with Gasteiger partial charge < -0.3 is 9.80 Å². The Kier molecular flexibility index (Phi) is 5.77. The molecule has 0 bridgehead atoms. The van der Waals surface area contributed by atoms with E-state index < -0.39 is 0 Å². The van der Waals surface area contributed by atoms with Crippen molar-refractivity contribution in [2.24, 2.45) is 0 Å². The molecule has 1 amide bonds. The molecule has 0 N–H and O–H groups in total. The molecular weight excluding hydrogens is 320 g/mol. The van der Waals surface area contributed by atoms with E-state index in [0.717, 1.165) is 25.1 Å². The van der Waals surface area contributed by atoms with Crippen LogP contribution in [0.3, 0.4) is 0 Å². The van der Waals surface area contributed by atoms with Gasteiger partial charge in [-0.2, -0.15) is 0 Å². The van der Waals surface area contributed by atoms with Crippen LogP contribution in [0.15, 0.2) is 60.7 Å². The Morgan fingerprint density at radius 3 is 2.31 bits per heavy atom. The van der Waals surface area contributed by atoms with E-state index in [9.17, 15) is 4.79 Å². The van der Waals surface area contributed by atoms with Gasteiger partial charge in [0.15, 0.2) is 0 Å². The average Bonchev–Trinajstić information content (AvgIpc) is 2.69. The highest BCUT2D eigenvalue weighted by Crippen LogP contribution is 2.24. The summed E-state index contributed by atoms with van der Waals surface area (Å²) in [6, 6.07) is 18.9. The minimum atomic E-state index is 0.118. The van der Waals surface area contributed by atoms with Crippen molar-refractivity contribution in [3.8, 4) is 0 Å². The number of hydrogen-bond donors (Lipinski definition) is 0. The first kappa shape index (κ1) is 18.2. The fraction of sp³-hybridized carbons (Fsp3) is 0.348. The Bertz CT molecular complexity index is 763. The summed E-state index contributed by atoms with van der Waals surface area (Å²) in [5.74, 6) is 0.118. The van der Waals surface area contributed by atoms with Gasteiger partial charge in [-0.25, -0.2) is 0 Å². The molecule has 1 aliphatic rings. The van der Waals surface area contributed by atoms with Crippen LogP contribution in [0.2, 0.25) is 0 Å². The van der Waals surface area contributed by atoms with Gasteiger partial charge >= 0.3 is 0 Å². The van der Waals surface area contributed by atoms with Crippen LogP contribution in [0.1, 0.15) is 43.1 Å². The van der Waals surface area contributed by atoms with E-state index in [-0.39, 0.29) is 5.91 Å². The predicted octanol–water partition coefficient (Wildman–Crippen LogP) is 4.85. The van der Waals surface area contributed by atoms with Gasteiger partial charge in [-0.15, -0.1) is 0 Å². The third kappa shape index (κ3) is 3.98. The van der Waals surface area contributed by atoms with E-state index in [1.807, 2.05) is 23.1 Å². The van der Waals surface area contributed by atoms with Gasteiger partial charge in [0.05, 0.1) is 0 Å². The smallest absolute Gasteiger partial charge is 0.254 e. The minimum absolute atomic E-state index is 0.118. The minimum Gasteiger partial charge on any atom is -0.369 e. The lowest BCUT2D eigenvalue weighted by Crippen LogP contribution is -2.34. The van der Waals surface area contributed by atoms with E-state index >= 15 is 0 Å². The van der Waals surface area contributed by atoms with Crippen LogP contribution in [-0.2, 0) is 0 Å². The molecule has 0 saturated heterocycles. The Balaban J connectivity index is 1.68. The quantitative estimate of drug-likeness (QED) is 0.771. The number of amides is 1. The first-order chi connectivity index (χ1) is 12.6. The summed E-state index contributed by atoms with van der Waals surface area (Å²) >= 11 is 0. The van der Waals surface area contributed by atoms with E-state index in [2.05, 4.69) is 68.1 Å². The summed E-state index contributed by atoms with van der Waals surface area (Å²) < 4.78 is 0. The normalized spacial score (nSPS) is 14.3. The number of rotatable bonds is 5. The molecule has 0 radical (unpaired) electrons. The molecule has 3 heteroatoms. The molecule has 0 spiro atoms. The molecular formula is C23H28N2O. The molecule has 1 aliphatic heterocycles. The zero-order chi connectivity index (χ0) is 18.5. The second-order valence-electron chi connectivity index (χ2n) is 7.02. The molecule has 1 heterocycles. The second kappa shape index (κ2) is 8.22. The third-order valence-electron chi connectivity index (χ3n) is 5.05. The van der Waals surface area contributed by atoms with Crippen molar-refractivity contribution in [3.63, 3.8) is 0 Å². The number of carbonyl (C=O) groups is 1. The summed E-state index contributed by atoms with van der Waals surface area (Å²) in [5.41, 5.74) is 4.53. The fourth-order valence-electron chi connectivity index (χ4n) is 3.59. The van der Waals surface area contributed by atoms with Gasteiger partial charge in [-0.1, -0.05) is 36.4 Å². The van der Waals surface area contributed by atoms with Gasteiger partial charge in [0, 0.05) is 36.9 Å². The molecule has 3 rings (SSSR count). The second-order valence-corrected chi connectivity index (χ2v) is 7.02. The molecule has 2 aromatic carbocycles. The molecule has 0 aliphatic carbocycles. The summed E-state index contributed by atoms with van der Waals surface area (Å²) in [5, 5.41) is 0. The molecule has 26 heavy (non-hydrogen) atoms. The van der Waals surface area contributed by atoms with Crippen molar-refractivity contribution in [2.75, 3.05) is 24.5 Å². The van der Waals surface area contributed by atoms with E-state index in [0.29, 0.717) is 12.6 Å². The standard InChI is InChI=1S/C23H28N2O/c1-4-25(18(2)3)22-12-10-21(11-13-22)23(26)24-16-14-20(15-17-24)19-8-6-5-7-9-19/h5-14,18H,4,15-17H2,1-3H3. The first-order valence-corrected chi connectivity index (χ1v) is 9.50. The summed E-state index contributed by atoms with van der Waals surface area (Å²) in [7, 11) is 0. The molecule has 0 atom stereocenters. The molecule has 0 aromatic heterocycles. The number of anilines is 1. The van der Waals surface area contributed by atoms with Crippen molar-refractivity contribution < 1.29 is 4.79 Å². The largest absolute Gasteiger partial charge is 0.369 e. The zero-order valence-electron chi connectivity index (χ0n) is 16.0. The van der Waals surface area contributed by atoms with Gasteiger partial charge in [0.25, 0.3) is 5.91 Å². The molecule has 0 fully saturated rings. The Hall–Kier alpha value is -2.55. The zero-order valence-corrected chi connectivity index (χ0v) is 16.0. The number of nitrogens with zero attached hydrogens (tertiary/aromatic N) is 2. The molecule has 3 nitrogen and oxygen atoms in total. The van der Waals surface area contributed by atoms with Crippen molar-refractivity contribution in [1.82, 2.24) is 4.90 Å². The molecule has 0 saturated carbocycles. The fourth-order valence-corrected chi connectivity index (χ4v) is 3.59. The van der Waals surface area contributed by atoms with E-state index in [1.54, 1.807) is 0 Å². The summed E-state index contributed by atoms with van der Waals surface area (Å²) in [4.78, 5) is 17.1. The van der Waals surface area contributed by atoms with E-state index in [4.69, 9.17) is 0 Å². The van der Waals surface area contributed by atoms with Crippen LogP contribution < -0.4 is 4.90 Å². The number of hydrogen-bond acceptors (Lipinski definition) is 2. The van der Waals surface area contributed by atoms with Crippen LogP contribution in [0.4, 0.5) is 5.69 Å². The lowest BCUT2D eigenvalue weighted by atomic mass is 9.99. The first-order valence-electron chi connectivity index (χ1n) is 9.50. The number of benzene rings is 2. The summed E-state index contributed by atoms with van der Waals surface area (Å²) in [6.07, 6.45) is 3.09. The van der Waals surface area contributed by atoms with Gasteiger partial charge in [-0.3, -0.25) is 4.79 Å². The van der Waals surface area contributed by atoms with Crippen molar-refractivity contribution in [3.05, 3.63) is 71.8 Å². The maximum atomic E-state index is 12.8. The highest BCUT2D eigenvalue weighted by atomic mass is 16.2. The molecule has 2 aromatic rings. The van der Waals surface area contributed by atoms with Crippen molar-refractivity contribution in [1.29, 1.82) is 0 Å². The number of carbonyl (C=O) groups excluding carboxylic acids is 1. The predicted molar refractivity (Wildman–Crippen MR) is 110 cm³/mol. The van der Waals surface area contributed by atoms with Crippen LogP contribution in [0.25, 0.3) is 5.57 Å². The van der Waals surface area contributed by atoms with E-state index in [1.165, 1.54) is 16.8 Å². The van der Waals surface area contributed by atoms with Crippen LogP contribution in [0.5, 0.6) is 0 Å². The molecule has 0 unspecified atom stereocenters. The monoisotopic (exact) mass is 348 g/mol. The van der Waals surface area contributed by atoms with Crippen molar-refractivity contribution in [2.45, 2.75) is 33.2 Å². The molecule has 136 valence electrons. The van der Waals surface area contributed by atoms with Crippen LogP contribution >= 0.6 is 0 Å².